The third-order valence-electron chi connectivity index (χ3n) is 3.31. The molecule has 0 aliphatic heterocycles. The van der Waals surface area contributed by atoms with Gasteiger partial charge in [0.15, 0.2) is 11.3 Å². The normalized spacial score (nSPS) is 11.6. The zero-order valence-electron chi connectivity index (χ0n) is 12.4. The van der Waals surface area contributed by atoms with E-state index in [1.165, 1.54) is 10.6 Å². The van der Waals surface area contributed by atoms with Crippen LogP contribution in [0.15, 0.2) is 39.3 Å². The molecule has 0 aliphatic carbocycles. The second kappa shape index (κ2) is 5.38. The van der Waals surface area contributed by atoms with Gasteiger partial charge in [-0.2, -0.15) is 9.63 Å². The molecule has 3 rings (SSSR count). The summed E-state index contributed by atoms with van der Waals surface area (Å²) in [4.78, 5) is 16.3. The van der Waals surface area contributed by atoms with Crippen LogP contribution in [-0.4, -0.2) is 14.6 Å². The van der Waals surface area contributed by atoms with Crippen LogP contribution in [0.3, 0.4) is 0 Å². The summed E-state index contributed by atoms with van der Waals surface area (Å²) < 4.78 is 1.36. The van der Waals surface area contributed by atoms with Crippen molar-refractivity contribution in [3.05, 3.63) is 56.6 Å². The van der Waals surface area contributed by atoms with E-state index in [0.29, 0.717) is 27.7 Å². The summed E-state index contributed by atoms with van der Waals surface area (Å²) in [5, 5.41) is 12.0. The molecule has 0 unspecified atom stereocenters. The lowest BCUT2D eigenvalue weighted by Crippen LogP contribution is -2.14. The van der Waals surface area contributed by atoms with Crippen LogP contribution >= 0.6 is 11.6 Å². The zero-order valence-corrected chi connectivity index (χ0v) is 13.1. The topological polar surface area (TPSA) is 74.9 Å². The van der Waals surface area contributed by atoms with Gasteiger partial charge >= 0.3 is 0 Å². The van der Waals surface area contributed by atoms with Crippen molar-refractivity contribution < 1.29 is 0 Å². The second-order valence-corrected chi connectivity index (χ2v) is 5.52. The second-order valence-electron chi connectivity index (χ2n) is 5.11. The summed E-state index contributed by atoms with van der Waals surface area (Å²) in [6.45, 7) is 5.51. The molecule has 0 radical (unpaired) electrons. The van der Waals surface area contributed by atoms with Crippen LogP contribution in [0.4, 0.5) is 11.4 Å². The number of hydrogen-bond donors (Lipinski definition) is 1. The van der Waals surface area contributed by atoms with Crippen molar-refractivity contribution in [3.8, 4) is 0 Å². The van der Waals surface area contributed by atoms with Crippen molar-refractivity contribution in [2.45, 2.75) is 20.8 Å². The summed E-state index contributed by atoms with van der Waals surface area (Å²) in [6, 6.07) is 6.92. The highest BCUT2D eigenvalue weighted by Crippen LogP contribution is 2.27. The van der Waals surface area contributed by atoms with E-state index in [1.807, 2.05) is 26.0 Å². The van der Waals surface area contributed by atoms with Gasteiger partial charge in [0.2, 0.25) is 0 Å². The first-order chi connectivity index (χ1) is 10.5. The molecular formula is C15H14ClN5O. The monoisotopic (exact) mass is 315 g/mol. The van der Waals surface area contributed by atoms with Gasteiger partial charge in [-0.15, -0.1) is 5.11 Å². The minimum Gasteiger partial charge on any atom is -0.292 e. The molecule has 1 aromatic carbocycles. The Labute approximate surface area is 131 Å². The molecule has 6 nitrogen and oxygen atoms in total. The maximum atomic E-state index is 11.9. The van der Waals surface area contributed by atoms with E-state index in [4.69, 9.17) is 11.6 Å². The molecule has 2 aromatic heterocycles. The Bertz CT molecular complexity index is 954. The first-order valence-corrected chi connectivity index (χ1v) is 7.10. The fourth-order valence-corrected chi connectivity index (χ4v) is 2.30. The fraction of sp³-hybridized carbons (Fsp3) is 0.200. The Morgan fingerprint density at radius 2 is 1.95 bits per heavy atom. The number of nitrogens with zero attached hydrogens (tertiary/aromatic N) is 4. The van der Waals surface area contributed by atoms with Gasteiger partial charge in [0.1, 0.15) is 0 Å². The van der Waals surface area contributed by atoms with Gasteiger partial charge in [-0.05, 0) is 38.5 Å². The van der Waals surface area contributed by atoms with Crippen LogP contribution in [-0.2, 0) is 0 Å². The van der Waals surface area contributed by atoms with E-state index < -0.39 is 0 Å². The van der Waals surface area contributed by atoms with Crippen molar-refractivity contribution in [2.24, 2.45) is 10.2 Å². The molecule has 22 heavy (non-hydrogen) atoms. The Balaban J connectivity index is 2.10. The van der Waals surface area contributed by atoms with Gasteiger partial charge in [0, 0.05) is 16.8 Å². The maximum absolute atomic E-state index is 11.9. The molecule has 0 spiro atoms. The van der Waals surface area contributed by atoms with E-state index in [-0.39, 0.29) is 5.56 Å². The van der Waals surface area contributed by atoms with Gasteiger partial charge in [-0.3, -0.25) is 9.89 Å². The van der Waals surface area contributed by atoms with Crippen molar-refractivity contribution in [3.63, 3.8) is 0 Å². The molecule has 0 saturated carbocycles. The van der Waals surface area contributed by atoms with Crippen LogP contribution in [0.2, 0.25) is 5.02 Å². The average molecular weight is 316 g/mol. The van der Waals surface area contributed by atoms with E-state index in [1.54, 1.807) is 13.0 Å². The maximum Gasteiger partial charge on any atom is 0.272 e. The highest BCUT2D eigenvalue weighted by Gasteiger charge is 2.11. The number of aromatic nitrogens is 3. The van der Waals surface area contributed by atoms with Gasteiger partial charge in [0.25, 0.3) is 5.56 Å². The van der Waals surface area contributed by atoms with E-state index in [2.05, 4.69) is 20.3 Å². The van der Waals surface area contributed by atoms with E-state index in [0.717, 1.165) is 11.3 Å². The lowest BCUT2D eigenvalue weighted by molar-refractivity contribution is 0.873. The largest absolute Gasteiger partial charge is 0.292 e. The van der Waals surface area contributed by atoms with Crippen LogP contribution in [0, 0.1) is 20.8 Å². The van der Waals surface area contributed by atoms with Crippen LogP contribution < -0.4 is 5.56 Å². The number of benzene rings is 1. The summed E-state index contributed by atoms with van der Waals surface area (Å²) in [5.41, 5.74) is 3.81. The Morgan fingerprint density at radius 1 is 1.18 bits per heavy atom. The van der Waals surface area contributed by atoms with E-state index >= 15 is 0 Å². The average Bonchev–Trinajstić information content (AvgIpc) is 2.77. The predicted octanol–water partition coefficient (Wildman–Crippen LogP) is 4.02. The number of fused-ring (bicyclic) bond motifs is 1. The summed E-state index contributed by atoms with van der Waals surface area (Å²) in [5.74, 6) is 0. The molecule has 1 N–H and O–H groups in total. The number of aryl methyl sites for hydroxylation is 3. The van der Waals surface area contributed by atoms with Crippen molar-refractivity contribution in [1.29, 1.82) is 0 Å². The van der Waals surface area contributed by atoms with Crippen molar-refractivity contribution in [2.75, 3.05) is 0 Å². The quantitative estimate of drug-likeness (QED) is 0.725. The number of azo groups is 1. The number of H-pyrrole nitrogens is 1. The third-order valence-corrected chi connectivity index (χ3v) is 3.72. The van der Waals surface area contributed by atoms with Crippen molar-refractivity contribution >= 4 is 28.6 Å². The first kappa shape index (κ1) is 14.5. The Hall–Kier alpha value is -2.47. The highest BCUT2D eigenvalue weighted by molar-refractivity contribution is 6.31. The minimum absolute atomic E-state index is 0.176. The minimum atomic E-state index is -0.176. The number of hydrogen-bond acceptors (Lipinski definition) is 4. The number of rotatable bonds is 2. The lowest BCUT2D eigenvalue weighted by atomic mass is 10.2. The van der Waals surface area contributed by atoms with Gasteiger partial charge in [0.05, 0.1) is 11.4 Å². The van der Waals surface area contributed by atoms with E-state index in [9.17, 15) is 4.79 Å². The molecular weight excluding hydrogens is 302 g/mol. The summed E-state index contributed by atoms with van der Waals surface area (Å²) in [6.07, 6.45) is 0. The molecule has 0 amide bonds. The predicted molar refractivity (Wildman–Crippen MR) is 85.7 cm³/mol. The first-order valence-electron chi connectivity index (χ1n) is 6.72. The molecule has 0 aliphatic rings. The molecule has 0 atom stereocenters. The number of aromatic amines is 1. The molecule has 0 fully saturated rings. The zero-order chi connectivity index (χ0) is 15.9. The van der Waals surface area contributed by atoms with Gasteiger partial charge < -0.3 is 0 Å². The molecule has 7 heteroatoms. The van der Waals surface area contributed by atoms with Crippen LogP contribution in [0.5, 0.6) is 0 Å². The smallest absolute Gasteiger partial charge is 0.272 e. The lowest BCUT2D eigenvalue weighted by Gasteiger charge is -1.98. The van der Waals surface area contributed by atoms with Crippen LogP contribution in [0.1, 0.15) is 17.0 Å². The Morgan fingerprint density at radius 3 is 2.68 bits per heavy atom. The molecule has 0 saturated heterocycles. The van der Waals surface area contributed by atoms with Gasteiger partial charge in [-0.1, -0.05) is 17.7 Å². The summed E-state index contributed by atoms with van der Waals surface area (Å²) >= 11 is 6.08. The van der Waals surface area contributed by atoms with Crippen molar-refractivity contribution in [1.82, 2.24) is 14.6 Å². The number of nitrogens with one attached hydrogen (secondary N) is 1. The molecule has 3 aromatic rings. The Kier molecular flexibility index (Phi) is 3.54. The summed E-state index contributed by atoms with van der Waals surface area (Å²) in [7, 11) is 0. The molecule has 112 valence electrons. The standard InChI is InChI=1S/C15H14ClN5O/c1-8-4-5-11(7-12(8)16)18-19-14-10(3)20-21-13(22)6-9(2)17-15(14)21/h4-7,20H,1-3H3. The number of halogens is 1. The highest BCUT2D eigenvalue weighted by atomic mass is 35.5. The SMILES string of the molecule is Cc1cc(=O)n2[nH]c(C)c(N=Nc3ccc(C)c(Cl)c3)c2n1. The third kappa shape index (κ3) is 2.53. The molecule has 0 bridgehead atoms. The molecule has 2 heterocycles. The van der Waals surface area contributed by atoms with Crippen LogP contribution in [0.25, 0.3) is 5.65 Å². The fourth-order valence-electron chi connectivity index (χ4n) is 2.12. The van der Waals surface area contributed by atoms with Gasteiger partial charge in [-0.25, -0.2) is 4.98 Å².